The van der Waals surface area contributed by atoms with Gasteiger partial charge in [-0.15, -0.1) is 0 Å². The summed E-state index contributed by atoms with van der Waals surface area (Å²) >= 11 is 0. The largest absolute Gasteiger partial charge is 0.386 e. The third kappa shape index (κ3) is 2.78. The van der Waals surface area contributed by atoms with Crippen molar-refractivity contribution in [2.24, 2.45) is 5.92 Å². The van der Waals surface area contributed by atoms with Gasteiger partial charge >= 0.3 is 0 Å². The van der Waals surface area contributed by atoms with E-state index < -0.39 is 5.60 Å². The van der Waals surface area contributed by atoms with Gasteiger partial charge in [-0.1, -0.05) is 36.0 Å². The van der Waals surface area contributed by atoms with Gasteiger partial charge in [-0.05, 0) is 51.2 Å². The first kappa shape index (κ1) is 12.4. The minimum Gasteiger partial charge on any atom is -0.386 e. The Labute approximate surface area is 104 Å². The molecule has 0 heterocycles. The van der Waals surface area contributed by atoms with E-state index in [1.54, 1.807) is 0 Å². The zero-order chi connectivity index (χ0) is 12.5. The number of allylic oxidation sites excluding steroid dienone is 7. The highest BCUT2D eigenvalue weighted by Crippen LogP contribution is 2.35. The molecule has 0 aromatic carbocycles. The summed E-state index contributed by atoms with van der Waals surface area (Å²) in [7, 11) is 0. The topological polar surface area (TPSA) is 20.2 Å². The second-order valence-corrected chi connectivity index (χ2v) is 5.62. The highest BCUT2D eigenvalue weighted by molar-refractivity contribution is 5.40. The van der Waals surface area contributed by atoms with Crippen LogP contribution in [-0.2, 0) is 0 Å². The molecular formula is C16H22O. The lowest BCUT2D eigenvalue weighted by molar-refractivity contribution is 0.115. The van der Waals surface area contributed by atoms with E-state index in [1.165, 1.54) is 16.7 Å². The van der Waals surface area contributed by atoms with Gasteiger partial charge in [0, 0.05) is 5.92 Å². The van der Waals surface area contributed by atoms with Gasteiger partial charge in [0.15, 0.2) is 0 Å². The molecule has 17 heavy (non-hydrogen) atoms. The quantitative estimate of drug-likeness (QED) is 0.762. The van der Waals surface area contributed by atoms with Crippen molar-refractivity contribution in [3.05, 3.63) is 47.1 Å². The van der Waals surface area contributed by atoms with E-state index in [4.69, 9.17) is 0 Å². The Morgan fingerprint density at radius 2 is 2.00 bits per heavy atom. The smallest absolute Gasteiger partial charge is 0.0803 e. The van der Waals surface area contributed by atoms with Gasteiger partial charge in [0.1, 0.15) is 0 Å². The van der Waals surface area contributed by atoms with Gasteiger partial charge in [-0.2, -0.15) is 0 Å². The van der Waals surface area contributed by atoms with Crippen LogP contribution in [0, 0.1) is 5.92 Å². The third-order valence-electron chi connectivity index (χ3n) is 3.76. The summed E-state index contributed by atoms with van der Waals surface area (Å²) in [5.74, 6) is 0.498. The van der Waals surface area contributed by atoms with Crippen molar-refractivity contribution in [3.8, 4) is 0 Å². The van der Waals surface area contributed by atoms with E-state index in [0.29, 0.717) is 5.92 Å². The number of aliphatic hydroxyl groups is 1. The molecule has 2 rings (SSSR count). The van der Waals surface area contributed by atoms with Crippen LogP contribution in [-0.4, -0.2) is 10.7 Å². The van der Waals surface area contributed by atoms with Crippen molar-refractivity contribution in [1.82, 2.24) is 0 Å². The van der Waals surface area contributed by atoms with Gasteiger partial charge in [0.05, 0.1) is 5.60 Å². The van der Waals surface area contributed by atoms with E-state index in [1.807, 2.05) is 13.8 Å². The van der Waals surface area contributed by atoms with E-state index in [0.717, 1.165) is 19.3 Å². The first-order valence-corrected chi connectivity index (χ1v) is 6.45. The van der Waals surface area contributed by atoms with E-state index in [9.17, 15) is 5.11 Å². The van der Waals surface area contributed by atoms with Crippen LogP contribution in [0.15, 0.2) is 47.1 Å². The third-order valence-corrected chi connectivity index (χ3v) is 3.76. The Morgan fingerprint density at radius 3 is 2.59 bits per heavy atom. The molecule has 1 N–H and O–H groups in total. The normalized spacial score (nSPS) is 25.2. The molecule has 92 valence electrons. The molecule has 1 unspecified atom stereocenters. The average molecular weight is 230 g/mol. The molecule has 1 nitrogen and oxygen atoms in total. The Hall–Kier alpha value is -1.08. The molecule has 0 amide bonds. The van der Waals surface area contributed by atoms with Crippen LogP contribution in [0.2, 0.25) is 0 Å². The first-order valence-electron chi connectivity index (χ1n) is 6.45. The van der Waals surface area contributed by atoms with Crippen LogP contribution in [0.3, 0.4) is 0 Å². The number of hydrogen-bond acceptors (Lipinski definition) is 1. The second-order valence-electron chi connectivity index (χ2n) is 5.62. The number of hydrogen-bond donors (Lipinski definition) is 1. The number of rotatable bonds is 2. The van der Waals surface area contributed by atoms with Crippen LogP contribution in [0.4, 0.5) is 0 Å². The molecule has 0 aromatic heterocycles. The highest BCUT2D eigenvalue weighted by Gasteiger charge is 2.24. The summed E-state index contributed by atoms with van der Waals surface area (Å²) < 4.78 is 0. The van der Waals surface area contributed by atoms with E-state index in [2.05, 4.69) is 37.3 Å². The maximum absolute atomic E-state index is 10.1. The van der Waals surface area contributed by atoms with Gasteiger partial charge in [0.25, 0.3) is 0 Å². The Morgan fingerprint density at radius 1 is 1.24 bits per heavy atom. The summed E-state index contributed by atoms with van der Waals surface area (Å²) in [5, 5.41) is 10.1. The fourth-order valence-electron chi connectivity index (χ4n) is 2.57. The van der Waals surface area contributed by atoms with Crippen LogP contribution in [0.1, 0.15) is 40.0 Å². The Balaban J connectivity index is 2.28. The molecular weight excluding hydrogens is 208 g/mol. The van der Waals surface area contributed by atoms with E-state index in [-0.39, 0.29) is 0 Å². The molecule has 0 saturated carbocycles. The molecule has 0 aromatic rings. The van der Waals surface area contributed by atoms with Gasteiger partial charge in [0.2, 0.25) is 0 Å². The minimum atomic E-state index is -0.680. The average Bonchev–Trinajstić information content (AvgIpc) is 2.29. The predicted molar refractivity (Wildman–Crippen MR) is 72.7 cm³/mol. The van der Waals surface area contributed by atoms with Crippen LogP contribution >= 0.6 is 0 Å². The molecule has 0 saturated heterocycles. The summed E-state index contributed by atoms with van der Waals surface area (Å²) in [4.78, 5) is 0. The van der Waals surface area contributed by atoms with Crippen molar-refractivity contribution >= 4 is 0 Å². The lowest BCUT2D eigenvalue weighted by Gasteiger charge is -2.29. The molecule has 0 bridgehead atoms. The predicted octanol–water partition coefficient (Wildman–Crippen LogP) is 3.93. The summed E-state index contributed by atoms with van der Waals surface area (Å²) in [6.45, 7) is 5.99. The lowest BCUT2D eigenvalue weighted by Crippen LogP contribution is -2.24. The Kier molecular flexibility index (Phi) is 3.39. The molecule has 1 atom stereocenters. The molecule has 0 spiro atoms. The molecule has 2 aliphatic rings. The summed E-state index contributed by atoms with van der Waals surface area (Å²) in [6.07, 6.45) is 14.1. The van der Waals surface area contributed by atoms with Crippen molar-refractivity contribution in [2.45, 2.75) is 45.6 Å². The minimum absolute atomic E-state index is 0.498. The molecule has 0 radical (unpaired) electrons. The Bertz CT molecular complexity index is 413. The van der Waals surface area contributed by atoms with Crippen molar-refractivity contribution in [1.29, 1.82) is 0 Å². The zero-order valence-corrected chi connectivity index (χ0v) is 11.0. The first-order chi connectivity index (χ1) is 7.98. The summed E-state index contributed by atoms with van der Waals surface area (Å²) in [5.41, 5.74) is 3.37. The van der Waals surface area contributed by atoms with Gasteiger partial charge in [-0.25, -0.2) is 0 Å². The van der Waals surface area contributed by atoms with Gasteiger partial charge in [-0.3, -0.25) is 0 Å². The van der Waals surface area contributed by atoms with E-state index >= 15 is 0 Å². The fraction of sp³-hybridized carbons (Fsp3) is 0.500. The van der Waals surface area contributed by atoms with Crippen LogP contribution < -0.4 is 0 Å². The summed E-state index contributed by atoms with van der Waals surface area (Å²) in [6, 6.07) is 0. The molecule has 1 heteroatoms. The van der Waals surface area contributed by atoms with Crippen molar-refractivity contribution in [2.75, 3.05) is 0 Å². The van der Waals surface area contributed by atoms with Crippen LogP contribution in [0.5, 0.6) is 0 Å². The van der Waals surface area contributed by atoms with Crippen LogP contribution in [0.25, 0.3) is 0 Å². The second kappa shape index (κ2) is 4.66. The maximum atomic E-state index is 10.1. The fourth-order valence-corrected chi connectivity index (χ4v) is 2.57. The van der Waals surface area contributed by atoms with Gasteiger partial charge < -0.3 is 5.11 Å². The molecule has 0 fully saturated rings. The SMILES string of the molecule is CC1=C(C2C=CC=CC2)C=C(C(C)(C)O)CC1. The molecule has 0 aliphatic heterocycles. The standard InChI is InChI=1S/C16H22O/c1-12-9-10-14(16(2,3)17)11-15(12)13-7-5-4-6-8-13/h4-7,11,13,17H,8-10H2,1-3H3. The lowest BCUT2D eigenvalue weighted by atomic mass is 9.79. The van der Waals surface area contributed by atoms with Crippen molar-refractivity contribution < 1.29 is 5.11 Å². The maximum Gasteiger partial charge on any atom is 0.0803 e. The molecule has 2 aliphatic carbocycles. The zero-order valence-electron chi connectivity index (χ0n) is 11.0. The monoisotopic (exact) mass is 230 g/mol. The highest BCUT2D eigenvalue weighted by atomic mass is 16.3. The van der Waals surface area contributed by atoms with Crippen molar-refractivity contribution in [3.63, 3.8) is 0 Å².